The van der Waals surface area contributed by atoms with Crippen LogP contribution in [-0.2, 0) is 18.4 Å². The highest BCUT2D eigenvalue weighted by molar-refractivity contribution is 7.57. The Kier molecular flexibility index (Phi) is 6.97. The molecule has 0 fully saturated rings. The minimum absolute atomic E-state index is 0.274. The summed E-state index contributed by atoms with van der Waals surface area (Å²) in [6.45, 7) is 9.02. The van der Waals surface area contributed by atoms with Gasteiger partial charge < -0.3 is 14.4 Å². The summed E-state index contributed by atoms with van der Waals surface area (Å²) in [4.78, 5) is 11.1. The topological polar surface area (TPSA) is 64.6 Å². The molecule has 0 unspecified atom stereocenters. The van der Waals surface area contributed by atoms with E-state index in [2.05, 4.69) is 11.9 Å². The lowest BCUT2D eigenvalue weighted by atomic mass is 10.3. The molecule has 0 aliphatic heterocycles. The third kappa shape index (κ3) is 5.85. The molecule has 0 atom stereocenters. The Morgan fingerprint density at radius 1 is 1.38 bits per heavy atom. The van der Waals surface area contributed by atoms with Crippen molar-refractivity contribution in [2.75, 3.05) is 13.2 Å². The van der Waals surface area contributed by atoms with Crippen LogP contribution in [0.25, 0.3) is 0 Å². The van der Waals surface area contributed by atoms with Gasteiger partial charge in [-0.25, -0.2) is 0 Å². The van der Waals surface area contributed by atoms with Gasteiger partial charge in [-0.1, -0.05) is 6.58 Å². The smallest absolute Gasteiger partial charge is 0.329 e. The van der Waals surface area contributed by atoms with Crippen molar-refractivity contribution in [2.45, 2.75) is 20.8 Å². The van der Waals surface area contributed by atoms with Crippen LogP contribution < -0.4 is 5.32 Å². The Labute approximate surface area is 96.0 Å². The second-order valence-electron chi connectivity index (χ2n) is 2.94. The summed E-state index contributed by atoms with van der Waals surface area (Å²) in [5.74, 6) is 0.886. The summed E-state index contributed by atoms with van der Waals surface area (Å²) in [6, 6.07) is 0. The first kappa shape index (κ1) is 15.1. The van der Waals surface area contributed by atoms with E-state index >= 15 is 0 Å². The molecule has 1 N–H and O–H groups in total. The van der Waals surface area contributed by atoms with Crippen LogP contribution in [0.2, 0.25) is 0 Å². The van der Waals surface area contributed by atoms with Gasteiger partial charge in [-0.3, -0.25) is 9.36 Å². The molecule has 0 saturated heterocycles. The number of carbonyl (C=O) groups excluding carboxylic acids is 1. The van der Waals surface area contributed by atoms with E-state index in [1.165, 1.54) is 12.0 Å². The summed E-state index contributed by atoms with van der Waals surface area (Å²) in [5.41, 5.74) is 0.368. The quantitative estimate of drug-likeness (QED) is 0.554. The number of nitrogens with one attached hydrogen (secondary N) is 1. The number of hydrogen-bond acceptors (Lipinski definition) is 4. The molecule has 5 nitrogen and oxygen atoms in total. The Hall–Kier alpha value is -0.900. The number of rotatable bonds is 7. The fourth-order valence-corrected chi connectivity index (χ4v) is 2.03. The van der Waals surface area contributed by atoms with E-state index in [1.807, 2.05) is 0 Å². The van der Waals surface area contributed by atoms with Crippen molar-refractivity contribution in [1.29, 1.82) is 0 Å². The molecule has 0 rings (SSSR count). The van der Waals surface area contributed by atoms with Gasteiger partial charge in [0.1, 0.15) is 0 Å². The second kappa shape index (κ2) is 7.39. The number of carbonyl (C=O) groups is 1. The molecule has 0 aromatic rings. The van der Waals surface area contributed by atoms with Crippen molar-refractivity contribution in [1.82, 2.24) is 5.32 Å². The van der Waals surface area contributed by atoms with Gasteiger partial charge in [0.05, 0.1) is 13.2 Å². The molecule has 0 aromatic carbocycles. The molecule has 1 amide bonds. The van der Waals surface area contributed by atoms with E-state index in [0.29, 0.717) is 5.57 Å². The molecule has 6 heteroatoms. The first-order chi connectivity index (χ1) is 7.45. The summed E-state index contributed by atoms with van der Waals surface area (Å²) >= 11 is 0. The fraction of sp³-hybridized carbons (Fsp3) is 0.500. The molecule has 0 aliphatic carbocycles. The van der Waals surface area contributed by atoms with Crippen LogP contribution in [0, 0.1) is 0 Å². The zero-order valence-electron chi connectivity index (χ0n) is 9.86. The maximum Gasteiger partial charge on any atom is 0.355 e. The van der Waals surface area contributed by atoms with Crippen molar-refractivity contribution in [2.24, 2.45) is 0 Å². The standard InChI is InChI=1S/C10H18NO4P/c1-5-14-16(13,15-6-2)8-7-11-10(12)9(3)4/h7-8H,3,5-6H2,1-2,4H3,(H,11,12)/b8-7-. The molecular formula is C10H18NO4P. The predicted molar refractivity (Wildman–Crippen MR) is 63.0 cm³/mol. The third-order valence-electron chi connectivity index (χ3n) is 1.48. The van der Waals surface area contributed by atoms with E-state index in [1.54, 1.807) is 20.8 Å². The summed E-state index contributed by atoms with van der Waals surface area (Å²) in [6.07, 6.45) is 1.25. The first-order valence-corrected chi connectivity index (χ1v) is 6.59. The van der Waals surface area contributed by atoms with Crippen LogP contribution in [0.5, 0.6) is 0 Å². The minimum Gasteiger partial charge on any atom is -0.329 e. The van der Waals surface area contributed by atoms with Gasteiger partial charge in [0.25, 0.3) is 0 Å². The Bertz CT molecular complexity index is 315. The van der Waals surface area contributed by atoms with Crippen LogP contribution in [0.4, 0.5) is 0 Å². The van der Waals surface area contributed by atoms with E-state index < -0.39 is 7.60 Å². The summed E-state index contributed by atoms with van der Waals surface area (Å²) in [7, 11) is -3.23. The van der Waals surface area contributed by atoms with Crippen LogP contribution in [0.1, 0.15) is 20.8 Å². The molecule has 0 saturated carbocycles. The molecule has 0 heterocycles. The Morgan fingerprint density at radius 2 is 1.88 bits per heavy atom. The van der Waals surface area contributed by atoms with Crippen LogP contribution in [-0.4, -0.2) is 19.1 Å². The van der Waals surface area contributed by atoms with Gasteiger partial charge in [-0.05, 0) is 20.8 Å². The monoisotopic (exact) mass is 247 g/mol. The van der Waals surface area contributed by atoms with E-state index in [-0.39, 0.29) is 19.1 Å². The largest absolute Gasteiger partial charge is 0.355 e. The van der Waals surface area contributed by atoms with Crippen molar-refractivity contribution >= 4 is 13.5 Å². The van der Waals surface area contributed by atoms with Gasteiger partial charge in [0.2, 0.25) is 5.91 Å². The van der Waals surface area contributed by atoms with Crippen LogP contribution >= 0.6 is 7.60 Å². The van der Waals surface area contributed by atoms with Gasteiger partial charge in [0.15, 0.2) is 0 Å². The minimum atomic E-state index is -3.23. The van der Waals surface area contributed by atoms with Gasteiger partial charge in [0, 0.05) is 17.6 Å². The highest BCUT2D eigenvalue weighted by Gasteiger charge is 2.18. The summed E-state index contributed by atoms with van der Waals surface area (Å²) < 4.78 is 21.8. The van der Waals surface area contributed by atoms with Crippen molar-refractivity contribution < 1.29 is 18.4 Å². The SMILES string of the molecule is C=C(C)C(=O)N/C=C\P(=O)(OCC)OCC. The van der Waals surface area contributed by atoms with Gasteiger partial charge in [-0.2, -0.15) is 0 Å². The highest BCUT2D eigenvalue weighted by atomic mass is 31.2. The lowest BCUT2D eigenvalue weighted by Gasteiger charge is -2.12. The zero-order valence-corrected chi connectivity index (χ0v) is 10.8. The number of hydrogen-bond donors (Lipinski definition) is 1. The Balaban J connectivity index is 4.40. The molecule has 0 spiro atoms. The van der Waals surface area contributed by atoms with Crippen LogP contribution in [0.3, 0.4) is 0 Å². The lowest BCUT2D eigenvalue weighted by Crippen LogP contribution is -2.17. The second-order valence-corrected chi connectivity index (χ2v) is 4.84. The average molecular weight is 247 g/mol. The molecule has 16 heavy (non-hydrogen) atoms. The highest BCUT2D eigenvalue weighted by Crippen LogP contribution is 2.49. The molecule has 0 aromatic heterocycles. The number of amides is 1. The zero-order chi connectivity index (χ0) is 12.6. The maximum atomic E-state index is 11.9. The van der Waals surface area contributed by atoms with Crippen molar-refractivity contribution in [3.05, 3.63) is 24.2 Å². The van der Waals surface area contributed by atoms with E-state index in [0.717, 1.165) is 0 Å². The molecule has 0 aliphatic rings. The third-order valence-corrected chi connectivity index (χ3v) is 3.23. The maximum absolute atomic E-state index is 11.9. The summed E-state index contributed by atoms with van der Waals surface area (Å²) in [5, 5.41) is 2.40. The first-order valence-electron chi connectivity index (χ1n) is 4.98. The van der Waals surface area contributed by atoms with E-state index in [4.69, 9.17) is 9.05 Å². The molecular weight excluding hydrogens is 229 g/mol. The molecule has 0 radical (unpaired) electrons. The van der Waals surface area contributed by atoms with E-state index in [9.17, 15) is 9.36 Å². The normalized spacial score (nSPS) is 11.7. The Morgan fingerprint density at radius 3 is 2.25 bits per heavy atom. The van der Waals surface area contributed by atoms with Gasteiger partial charge >= 0.3 is 7.60 Å². The predicted octanol–water partition coefficient (Wildman–Crippen LogP) is 2.42. The average Bonchev–Trinajstić information content (AvgIpc) is 2.17. The lowest BCUT2D eigenvalue weighted by molar-refractivity contribution is -0.116. The molecule has 0 bridgehead atoms. The van der Waals surface area contributed by atoms with Gasteiger partial charge in [-0.15, -0.1) is 0 Å². The van der Waals surface area contributed by atoms with Crippen molar-refractivity contribution in [3.63, 3.8) is 0 Å². The fourth-order valence-electron chi connectivity index (χ4n) is 0.811. The van der Waals surface area contributed by atoms with Crippen molar-refractivity contribution in [3.8, 4) is 0 Å². The van der Waals surface area contributed by atoms with Crippen LogP contribution in [0.15, 0.2) is 24.2 Å². The molecule has 92 valence electrons.